The molecule has 0 bridgehead atoms. The highest BCUT2D eigenvalue weighted by atomic mass is 32.2. The third kappa shape index (κ3) is 3.97. The quantitative estimate of drug-likeness (QED) is 0.774. The number of Topliss-reactive ketones (excluding diaryl/α,β-unsaturated/α-hetero) is 1. The van der Waals surface area contributed by atoms with Crippen molar-refractivity contribution in [2.75, 3.05) is 18.4 Å². The van der Waals surface area contributed by atoms with Gasteiger partial charge in [-0.15, -0.1) is 11.3 Å². The first-order valence-electron chi connectivity index (χ1n) is 8.05. The average Bonchev–Trinajstić information content (AvgIpc) is 3.11. The number of thiazole rings is 1. The second-order valence-electron chi connectivity index (χ2n) is 5.95. The van der Waals surface area contributed by atoms with Crippen molar-refractivity contribution in [3.63, 3.8) is 0 Å². The van der Waals surface area contributed by atoms with Gasteiger partial charge >= 0.3 is 0 Å². The van der Waals surface area contributed by atoms with E-state index in [9.17, 15) is 18.0 Å². The van der Waals surface area contributed by atoms with E-state index in [1.165, 1.54) is 41.0 Å². The molecule has 0 radical (unpaired) electrons. The standard InChI is InChI=1S/C16H18N4O4S2/c1-11(21)14-10-25-16(18-14)19-15(22)12-4-7-20(8-5-12)26(23,24)13-3-2-6-17-9-13/h2-3,6,9-10,12H,4-5,7-8H2,1H3,(H,18,19,22). The van der Waals surface area contributed by atoms with Crippen molar-refractivity contribution in [2.24, 2.45) is 5.92 Å². The predicted molar refractivity (Wildman–Crippen MR) is 96.5 cm³/mol. The third-order valence-corrected chi connectivity index (χ3v) is 6.83. The highest BCUT2D eigenvalue weighted by molar-refractivity contribution is 7.89. The third-order valence-electron chi connectivity index (χ3n) is 4.19. The molecule has 10 heteroatoms. The van der Waals surface area contributed by atoms with E-state index < -0.39 is 10.0 Å². The molecule has 1 aliphatic rings. The van der Waals surface area contributed by atoms with Crippen LogP contribution in [0.2, 0.25) is 0 Å². The number of sulfonamides is 1. The number of hydrogen-bond acceptors (Lipinski definition) is 7. The predicted octanol–water partition coefficient (Wildman–Crippen LogP) is 1.78. The summed E-state index contributed by atoms with van der Waals surface area (Å²) in [5, 5.41) is 4.69. The first kappa shape index (κ1) is 18.6. The summed E-state index contributed by atoms with van der Waals surface area (Å²) in [5.74, 6) is -0.649. The summed E-state index contributed by atoms with van der Waals surface area (Å²) in [6.45, 7) is 1.96. The molecular formula is C16H18N4O4S2. The molecule has 3 rings (SSSR count). The normalized spacial score (nSPS) is 16.3. The van der Waals surface area contributed by atoms with E-state index in [1.807, 2.05) is 0 Å². The lowest BCUT2D eigenvalue weighted by Gasteiger charge is -2.30. The lowest BCUT2D eigenvalue weighted by Crippen LogP contribution is -2.41. The van der Waals surface area contributed by atoms with Crippen LogP contribution >= 0.6 is 11.3 Å². The van der Waals surface area contributed by atoms with E-state index in [1.54, 1.807) is 11.4 Å². The summed E-state index contributed by atoms with van der Waals surface area (Å²) < 4.78 is 26.5. The molecule has 3 heterocycles. The number of piperidine rings is 1. The molecular weight excluding hydrogens is 376 g/mol. The Balaban J connectivity index is 1.59. The number of ketones is 1. The van der Waals surface area contributed by atoms with Crippen LogP contribution in [-0.4, -0.2) is 47.5 Å². The maximum Gasteiger partial charge on any atom is 0.244 e. The molecule has 0 saturated carbocycles. The van der Waals surface area contributed by atoms with Crippen LogP contribution in [0.4, 0.5) is 5.13 Å². The maximum absolute atomic E-state index is 12.6. The highest BCUT2D eigenvalue weighted by Gasteiger charge is 2.32. The van der Waals surface area contributed by atoms with Gasteiger partial charge in [0.05, 0.1) is 0 Å². The van der Waals surface area contributed by atoms with Gasteiger partial charge in [0, 0.05) is 43.7 Å². The number of nitrogens with one attached hydrogen (secondary N) is 1. The fraction of sp³-hybridized carbons (Fsp3) is 0.375. The number of carbonyl (C=O) groups is 2. The van der Waals surface area contributed by atoms with Crippen LogP contribution in [0, 0.1) is 5.92 Å². The monoisotopic (exact) mass is 394 g/mol. The van der Waals surface area contributed by atoms with Crippen molar-refractivity contribution in [1.29, 1.82) is 0 Å². The first-order valence-corrected chi connectivity index (χ1v) is 10.4. The topological polar surface area (TPSA) is 109 Å². The van der Waals surface area contributed by atoms with E-state index in [-0.39, 0.29) is 35.6 Å². The van der Waals surface area contributed by atoms with Crippen LogP contribution in [0.25, 0.3) is 0 Å². The van der Waals surface area contributed by atoms with Crippen LogP contribution in [0.1, 0.15) is 30.3 Å². The number of carbonyl (C=O) groups excluding carboxylic acids is 2. The number of amides is 1. The van der Waals surface area contributed by atoms with Gasteiger partial charge in [-0.25, -0.2) is 13.4 Å². The van der Waals surface area contributed by atoms with Crippen molar-refractivity contribution in [2.45, 2.75) is 24.7 Å². The molecule has 138 valence electrons. The van der Waals surface area contributed by atoms with Gasteiger partial charge in [0.25, 0.3) is 0 Å². The molecule has 0 aliphatic carbocycles. The average molecular weight is 394 g/mol. The number of nitrogens with zero attached hydrogens (tertiary/aromatic N) is 3. The molecule has 26 heavy (non-hydrogen) atoms. The summed E-state index contributed by atoms with van der Waals surface area (Å²) in [4.78, 5) is 31.7. The van der Waals surface area contributed by atoms with Crippen LogP contribution in [0.5, 0.6) is 0 Å². The van der Waals surface area contributed by atoms with Crippen molar-refractivity contribution < 1.29 is 18.0 Å². The molecule has 1 fully saturated rings. The number of anilines is 1. The SMILES string of the molecule is CC(=O)c1csc(NC(=O)C2CCN(S(=O)(=O)c3cccnc3)CC2)n1. The Morgan fingerprint density at radius 3 is 2.62 bits per heavy atom. The first-order chi connectivity index (χ1) is 12.4. The fourth-order valence-electron chi connectivity index (χ4n) is 2.71. The van der Waals surface area contributed by atoms with Crippen LogP contribution in [-0.2, 0) is 14.8 Å². The summed E-state index contributed by atoms with van der Waals surface area (Å²) in [6.07, 6.45) is 3.70. The minimum Gasteiger partial charge on any atom is -0.302 e. The summed E-state index contributed by atoms with van der Waals surface area (Å²) in [6, 6.07) is 3.09. The van der Waals surface area contributed by atoms with Crippen molar-refractivity contribution in [3.8, 4) is 0 Å². The largest absolute Gasteiger partial charge is 0.302 e. The van der Waals surface area contributed by atoms with Crippen LogP contribution < -0.4 is 5.32 Å². The van der Waals surface area contributed by atoms with E-state index in [2.05, 4.69) is 15.3 Å². The van der Waals surface area contributed by atoms with E-state index in [0.717, 1.165) is 0 Å². The molecule has 0 aromatic carbocycles. The smallest absolute Gasteiger partial charge is 0.244 e. The Labute approximate surface area is 155 Å². The zero-order valence-electron chi connectivity index (χ0n) is 14.1. The second kappa shape index (κ2) is 7.60. The molecule has 1 amide bonds. The zero-order chi connectivity index (χ0) is 18.7. The Hall–Kier alpha value is -2.17. The van der Waals surface area contributed by atoms with Crippen molar-refractivity contribution >= 4 is 38.2 Å². The zero-order valence-corrected chi connectivity index (χ0v) is 15.7. The minimum absolute atomic E-state index is 0.155. The molecule has 0 atom stereocenters. The highest BCUT2D eigenvalue weighted by Crippen LogP contribution is 2.25. The number of rotatable bonds is 5. The number of hydrogen-bond donors (Lipinski definition) is 1. The Morgan fingerprint density at radius 1 is 1.31 bits per heavy atom. The van der Waals surface area contributed by atoms with Gasteiger partial charge in [0.2, 0.25) is 15.9 Å². The Kier molecular flexibility index (Phi) is 5.44. The van der Waals surface area contributed by atoms with Crippen LogP contribution in [0.15, 0.2) is 34.8 Å². The minimum atomic E-state index is -3.58. The number of pyridine rings is 1. The molecule has 2 aromatic heterocycles. The molecule has 1 saturated heterocycles. The Bertz CT molecular complexity index is 903. The van der Waals surface area contributed by atoms with Crippen molar-refractivity contribution in [3.05, 3.63) is 35.6 Å². The van der Waals surface area contributed by atoms with E-state index in [0.29, 0.717) is 23.7 Å². The van der Waals surface area contributed by atoms with Gasteiger partial charge in [-0.1, -0.05) is 0 Å². The fourth-order valence-corrected chi connectivity index (χ4v) is 4.89. The lowest BCUT2D eigenvalue weighted by molar-refractivity contribution is -0.120. The summed E-state index contributed by atoms with van der Waals surface area (Å²) in [7, 11) is -3.58. The van der Waals surface area contributed by atoms with Crippen molar-refractivity contribution in [1.82, 2.24) is 14.3 Å². The van der Waals surface area contributed by atoms with E-state index >= 15 is 0 Å². The molecule has 8 nitrogen and oxygen atoms in total. The molecule has 1 N–H and O–H groups in total. The molecule has 1 aliphatic heterocycles. The number of aromatic nitrogens is 2. The van der Waals surface area contributed by atoms with Crippen LogP contribution in [0.3, 0.4) is 0 Å². The van der Waals surface area contributed by atoms with Gasteiger partial charge in [-0.2, -0.15) is 4.31 Å². The van der Waals surface area contributed by atoms with Gasteiger partial charge in [0.15, 0.2) is 10.9 Å². The molecule has 0 unspecified atom stereocenters. The maximum atomic E-state index is 12.6. The van der Waals surface area contributed by atoms with E-state index in [4.69, 9.17) is 0 Å². The molecule has 2 aromatic rings. The summed E-state index contributed by atoms with van der Waals surface area (Å²) in [5.41, 5.74) is 0.322. The van der Waals surface area contributed by atoms with Gasteiger partial charge < -0.3 is 5.32 Å². The van der Waals surface area contributed by atoms with Gasteiger partial charge in [-0.3, -0.25) is 14.6 Å². The lowest BCUT2D eigenvalue weighted by atomic mass is 9.97. The molecule has 0 spiro atoms. The summed E-state index contributed by atoms with van der Waals surface area (Å²) >= 11 is 1.20. The Morgan fingerprint density at radius 2 is 2.04 bits per heavy atom. The van der Waals surface area contributed by atoms with Gasteiger partial charge in [0.1, 0.15) is 10.6 Å². The second-order valence-corrected chi connectivity index (χ2v) is 8.75. The van der Waals surface area contributed by atoms with Gasteiger partial charge in [-0.05, 0) is 25.0 Å².